The van der Waals surface area contributed by atoms with Gasteiger partial charge in [-0.2, -0.15) is 30.3 Å². The molecule has 0 radical (unpaired) electrons. The molecule has 35 heavy (non-hydrogen) atoms. The van der Waals surface area contributed by atoms with E-state index < -0.39 is 0 Å². The van der Waals surface area contributed by atoms with Crippen LogP contribution in [0.1, 0.15) is 36.5 Å². The summed E-state index contributed by atoms with van der Waals surface area (Å²) in [5.41, 5.74) is 5.94. The molecular weight excluding hydrogens is 519 g/mol. The van der Waals surface area contributed by atoms with Crippen LogP contribution in [0.25, 0.3) is 11.1 Å². The first kappa shape index (κ1) is 28.3. The molecule has 3 nitrogen and oxygen atoms in total. The number of nitrogens with zero attached hydrogens (tertiary/aromatic N) is 1. The Balaban J connectivity index is 0.000000640. The Labute approximate surface area is 222 Å². The van der Waals surface area contributed by atoms with Crippen LogP contribution in [0.3, 0.4) is 0 Å². The van der Waals surface area contributed by atoms with Gasteiger partial charge in [0.1, 0.15) is 0 Å². The maximum atomic E-state index is 11.6. The molecule has 1 N–H and O–H groups in total. The molecule has 4 rings (SSSR count). The standard InChI is InChI=1S/C26H30NO2.C5H5.Ru/c1-4-25(20-8-5-6-9-20)26(21-10-14-23(28)15-11-21)22-12-16-24(17-13-22)29-19-7-18-27(2)3;1-2-4-5-3-1;/h5-6,8-17,29H,4,7,18-19H2,1-3H3;1-5H;/q2*-1;+2/b26-25-;;. The molecule has 4 aromatic rings. The molecule has 4 aromatic carbocycles. The van der Waals surface area contributed by atoms with E-state index in [4.69, 9.17) is 4.74 Å². The van der Waals surface area contributed by atoms with Crippen molar-refractivity contribution in [1.29, 1.82) is 0 Å². The minimum Gasteiger partial charge on any atom is -0.624 e. The predicted molar refractivity (Wildman–Crippen MR) is 145 cm³/mol. The number of aromatic hydroxyl groups is 1. The summed E-state index contributed by atoms with van der Waals surface area (Å²) in [4.78, 5) is 13.8. The van der Waals surface area contributed by atoms with Crippen LogP contribution in [0.15, 0.2) is 108 Å². The molecule has 0 aliphatic heterocycles. The number of hydrogen-bond acceptors (Lipinski definition) is 2. The maximum absolute atomic E-state index is 11.6. The second-order valence-electron chi connectivity index (χ2n) is 8.45. The fourth-order valence-corrected chi connectivity index (χ4v) is 3.89. The van der Waals surface area contributed by atoms with Gasteiger partial charge in [-0.05, 0) is 43.8 Å². The second-order valence-corrected chi connectivity index (χ2v) is 8.45. The molecule has 0 unspecified atom stereocenters. The van der Waals surface area contributed by atoms with Crippen molar-refractivity contribution in [2.75, 3.05) is 27.2 Å². The van der Waals surface area contributed by atoms with Crippen molar-refractivity contribution in [3.05, 3.63) is 130 Å². The van der Waals surface area contributed by atoms with E-state index in [9.17, 15) is 4.79 Å². The van der Waals surface area contributed by atoms with Gasteiger partial charge in [0.05, 0.1) is 5.43 Å². The van der Waals surface area contributed by atoms with E-state index in [0.29, 0.717) is 0 Å². The van der Waals surface area contributed by atoms with E-state index >= 15 is 0 Å². The Morgan fingerprint density at radius 3 is 2.23 bits per heavy atom. The summed E-state index contributed by atoms with van der Waals surface area (Å²) < 4.78 is 4.69. The number of rotatable bonds is 9. The summed E-state index contributed by atoms with van der Waals surface area (Å²) in [5.74, 6) is 1.01. The first-order valence-electron chi connectivity index (χ1n) is 11.9. The van der Waals surface area contributed by atoms with Gasteiger partial charge in [-0.15, -0.1) is 24.3 Å². The van der Waals surface area contributed by atoms with Crippen molar-refractivity contribution in [2.45, 2.75) is 19.8 Å². The predicted octanol–water partition coefficient (Wildman–Crippen LogP) is 6.45. The van der Waals surface area contributed by atoms with Crippen LogP contribution in [0.2, 0.25) is 0 Å². The number of hydrogen-bond donors (Lipinski definition) is 0. The average Bonchev–Trinajstić information content (AvgIpc) is 3.59. The minimum atomic E-state index is 0. The molecule has 0 aliphatic rings. The Morgan fingerprint density at radius 1 is 1.03 bits per heavy atom. The van der Waals surface area contributed by atoms with Crippen LogP contribution in [0.5, 0.6) is 5.75 Å². The molecule has 184 valence electrons. The molecule has 0 amide bonds. The second kappa shape index (κ2) is 15.1. The Kier molecular flexibility index (Phi) is 12.2. The Morgan fingerprint density at radius 2 is 1.71 bits per heavy atom. The smallest absolute Gasteiger partial charge is 0.624 e. The number of benzene rings is 2. The van der Waals surface area contributed by atoms with E-state index in [2.05, 4.69) is 74.4 Å². The van der Waals surface area contributed by atoms with Gasteiger partial charge in [-0.1, -0.05) is 47.9 Å². The molecule has 0 spiro atoms. The Bertz CT molecular complexity index is 1130. The van der Waals surface area contributed by atoms with Crippen molar-refractivity contribution in [2.24, 2.45) is 0 Å². The van der Waals surface area contributed by atoms with Crippen molar-refractivity contribution >= 4 is 11.1 Å². The third-order valence-corrected chi connectivity index (χ3v) is 5.58. The largest absolute Gasteiger partial charge is 2.00 e. The fourth-order valence-electron chi connectivity index (χ4n) is 3.89. The summed E-state index contributed by atoms with van der Waals surface area (Å²) in [6.07, 6.45) is 1.97. The van der Waals surface area contributed by atoms with Crippen molar-refractivity contribution < 1.29 is 24.2 Å². The van der Waals surface area contributed by atoms with E-state index in [1.54, 1.807) is 12.1 Å². The first-order chi connectivity index (χ1) is 16.6. The number of allylic oxidation sites excluding steroid dienone is 1. The molecule has 0 aliphatic carbocycles. The van der Waals surface area contributed by atoms with Gasteiger partial charge in [0.2, 0.25) is 5.75 Å². The molecule has 0 aromatic heterocycles. The average molecular weight is 555 g/mol. The van der Waals surface area contributed by atoms with E-state index in [1.165, 1.54) is 16.7 Å². The van der Waals surface area contributed by atoms with Crippen LogP contribution >= 0.6 is 0 Å². The van der Waals surface area contributed by atoms with Crippen molar-refractivity contribution in [3.8, 4) is 5.75 Å². The molecule has 4 heteroatoms. The third-order valence-electron chi connectivity index (χ3n) is 5.58. The summed E-state index contributed by atoms with van der Waals surface area (Å²) in [7, 11) is 4.17. The Hall–Kier alpha value is -2.94. The van der Waals surface area contributed by atoms with Gasteiger partial charge in [0.15, 0.2) is 6.61 Å². The van der Waals surface area contributed by atoms with Crippen molar-refractivity contribution in [3.63, 3.8) is 0 Å². The SMILES string of the molecule is CC/C(=C(\c1ccc(=O)[cH-]c1)[c+]1cc[c-]([OH+]CCCN(C)C)cc1)[c-]1cccc1.[Ru+2].c1cc[cH-]c1. The molecular formula is C31H35NO2Ru. The molecule has 0 saturated carbocycles. The minimum absolute atomic E-state index is 0. The third kappa shape index (κ3) is 8.98. The van der Waals surface area contributed by atoms with Gasteiger partial charge in [-0.3, -0.25) is 0 Å². The molecule has 0 saturated heterocycles. The quantitative estimate of drug-likeness (QED) is 0.103. The van der Waals surface area contributed by atoms with Crippen LogP contribution < -0.4 is 5.43 Å². The monoisotopic (exact) mass is 555 g/mol. The zero-order valence-corrected chi connectivity index (χ0v) is 22.5. The fraction of sp³-hybridized carbons (Fsp3) is 0.226. The molecule has 0 atom stereocenters. The van der Waals surface area contributed by atoms with Gasteiger partial charge < -0.3 is 14.4 Å². The zero-order chi connectivity index (χ0) is 24.2. The maximum Gasteiger partial charge on any atom is 2.00 e. The van der Waals surface area contributed by atoms with Gasteiger partial charge in [0, 0.05) is 13.0 Å². The first-order valence-corrected chi connectivity index (χ1v) is 11.9. The van der Waals surface area contributed by atoms with Gasteiger partial charge >= 0.3 is 19.5 Å². The molecule has 0 bridgehead atoms. The summed E-state index contributed by atoms with van der Waals surface area (Å²) in [6, 6.07) is 34.0. The van der Waals surface area contributed by atoms with Crippen LogP contribution in [-0.2, 0) is 19.5 Å². The molecule has 0 heterocycles. The normalized spacial score (nSPS) is 11.2. The van der Waals surface area contributed by atoms with E-state index in [0.717, 1.165) is 42.9 Å². The van der Waals surface area contributed by atoms with Crippen LogP contribution in [0, 0.1) is 0 Å². The van der Waals surface area contributed by atoms with E-state index in [1.807, 2.05) is 42.5 Å². The van der Waals surface area contributed by atoms with Crippen LogP contribution in [-0.4, -0.2) is 36.9 Å². The summed E-state index contributed by atoms with van der Waals surface area (Å²) in [6.45, 7) is 4.06. The number of ether oxygens (including phenoxy) is 1. The molecule has 0 fully saturated rings. The zero-order valence-electron chi connectivity index (χ0n) is 20.8. The van der Waals surface area contributed by atoms with Gasteiger partial charge in [-0.25, -0.2) is 12.1 Å². The summed E-state index contributed by atoms with van der Waals surface area (Å²) >= 11 is 0. The number of aliphatic hydroxyl groups is 1. The topological polar surface area (TPSA) is 33.1 Å². The summed E-state index contributed by atoms with van der Waals surface area (Å²) in [5, 5.41) is 0. The van der Waals surface area contributed by atoms with Crippen molar-refractivity contribution in [1.82, 2.24) is 4.90 Å². The van der Waals surface area contributed by atoms with Crippen LogP contribution in [0.4, 0.5) is 0 Å². The van der Waals surface area contributed by atoms with Gasteiger partial charge in [0.25, 0.3) is 0 Å². The van der Waals surface area contributed by atoms with E-state index in [-0.39, 0.29) is 24.9 Å².